The van der Waals surface area contributed by atoms with Crippen molar-refractivity contribution in [1.29, 1.82) is 0 Å². The Morgan fingerprint density at radius 3 is 2.65 bits per heavy atom. The highest BCUT2D eigenvalue weighted by molar-refractivity contribution is 5.94. The molecule has 0 bridgehead atoms. The van der Waals surface area contributed by atoms with E-state index in [1.165, 1.54) is 0 Å². The lowest BCUT2D eigenvalue weighted by atomic mass is 10.1. The van der Waals surface area contributed by atoms with Gasteiger partial charge in [0, 0.05) is 30.8 Å². The second kappa shape index (κ2) is 5.59. The molecular formula is C13H16N2O2. The van der Waals surface area contributed by atoms with E-state index in [2.05, 4.69) is 5.32 Å². The molecule has 1 aliphatic rings. The largest absolute Gasteiger partial charge is 0.337 e. The normalized spacial score (nSPS) is 16.4. The van der Waals surface area contributed by atoms with E-state index in [0.717, 1.165) is 38.9 Å². The van der Waals surface area contributed by atoms with E-state index in [-0.39, 0.29) is 5.91 Å². The predicted molar refractivity (Wildman–Crippen MR) is 65.2 cm³/mol. The molecule has 1 aliphatic heterocycles. The van der Waals surface area contributed by atoms with Gasteiger partial charge in [-0.15, -0.1) is 0 Å². The second-order valence-electron chi connectivity index (χ2n) is 4.14. The van der Waals surface area contributed by atoms with Crippen molar-refractivity contribution in [3.8, 4) is 0 Å². The number of amides is 1. The lowest BCUT2D eigenvalue weighted by Gasteiger charge is -2.19. The maximum Gasteiger partial charge on any atom is 0.253 e. The molecular weight excluding hydrogens is 216 g/mol. The Balaban J connectivity index is 2.09. The highest BCUT2D eigenvalue weighted by atomic mass is 16.2. The van der Waals surface area contributed by atoms with Crippen LogP contribution in [-0.4, -0.2) is 43.3 Å². The van der Waals surface area contributed by atoms with E-state index in [1.807, 2.05) is 4.90 Å². The zero-order valence-corrected chi connectivity index (χ0v) is 9.69. The van der Waals surface area contributed by atoms with E-state index in [0.29, 0.717) is 11.1 Å². The van der Waals surface area contributed by atoms with Crippen molar-refractivity contribution in [2.75, 3.05) is 26.2 Å². The average Bonchev–Trinajstić information content (AvgIpc) is 2.67. The highest BCUT2D eigenvalue weighted by Gasteiger charge is 2.16. The molecule has 0 aromatic heterocycles. The van der Waals surface area contributed by atoms with Crippen molar-refractivity contribution in [2.45, 2.75) is 6.42 Å². The Kier molecular flexibility index (Phi) is 3.88. The summed E-state index contributed by atoms with van der Waals surface area (Å²) in [6.45, 7) is 3.35. The molecule has 1 fully saturated rings. The highest BCUT2D eigenvalue weighted by Crippen LogP contribution is 2.08. The Labute approximate surface area is 101 Å². The summed E-state index contributed by atoms with van der Waals surface area (Å²) in [5.74, 6) is 0.0474. The van der Waals surface area contributed by atoms with Crippen LogP contribution in [0.1, 0.15) is 27.1 Å². The maximum absolute atomic E-state index is 12.2. The van der Waals surface area contributed by atoms with Gasteiger partial charge in [-0.3, -0.25) is 9.59 Å². The third-order valence-electron chi connectivity index (χ3n) is 2.92. The number of nitrogens with zero attached hydrogens (tertiary/aromatic N) is 1. The fraction of sp³-hybridized carbons (Fsp3) is 0.385. The molecule has 1 aromatic carbocycles. The van der Waals surface area contributed by atoms with Crippen LogP contribution < -0.4 is 5.32 Å². The van der Waals surface area contributed by atoms with Crippen LogP contribution >= 0.6 is 0 Å². The van der Waals surface area contributed by atoms with Crippen LogP contribution in [0.25, 0.3) is 0 Å². The van der Waals surface area contributed by atoms with Crippen LogP contribution in [0.5, 0.6) is 0 Å². The number of nitrogens with one attached hydrogen (secondary N) is 1. The van der Waals surface area contributed by atoms with Crippen molar-refractivity contribution >= 4 is 12.2 Å². The van der Waals surface area contributed by atoms with E-state index in [4.69, 9.17) is 0 Å². The van der Waals surface area contributed by atoms with Crippen molar-refractivity contribution in [1.82, 2.24) is 10.2 Å². The summed E-state index contributed by atoms with van der Waals surface area (Å²) in [6, 6.07) is 6.78. The van der Waals surface area contributed by atoms with Crippen LogP contribution in [0.4, 0.5) is 0 Å². The van der Waals surface area contributed by atoms with Gasteiger partial charge in [-0.2, -0.15) is 0 Å². The fourth-order valence-corrected chi connectivity index (χ4v) is 1.94. The molecule has 4 nitrogen and oxygen atoms in total. The van der Waals surface area contributed by atoms with Gasteiger partial charge in [0.1, 0.15) is 6.29 Å². The molecule has 4 heteroatoms. The van der Waals surface area contributed by atoms with Crippen molar-refractivity contribution in [2.24, 2.45) is 0 Å². The molecule has 2 rings (SSSR count). The summed E-state index contributed by atoms with van der Waals surface area (Å²) in [5.41, 5.74) is 1.25. The van der Waals surface area contributed by atoms with Gasteiger partial charge in [0.05, 0.1) is 0 Å². The SMILES string of the molecule is O=Cc1ccc(C(=O)N2CCCNCC2)cc1. The first-order valence-electron chi connectivity index (χ1n) is 5.86. The van der Waals surface area contributed by atoms with Gasteiger partial charge in [-0.05, 0) is 25.1 Å². The standard InChI is InChI=1S/C13H16N2O2/c16-10-11-2-4-12(5-3-11)13(17)15-8-1-6-14-7-9-15/h2-5,10,14H,1,6-9H2. The summed E-state index contributed by atoms with van der Waals surface area (Å²) in [4.78, 5) is 24.6. The summed E-state index contributed by atoms with van der Waals surface area (Å²) in [6.07, 6.45) is 1.77. The number of carbonyl (C=O) groups excluding carboxylic acids is 2. The zero-order chi connectivity index (χ0) is 12.1. The zero-order valence-electron chi connectivity index (χ0n) is 9.69. The van der Waals surface area contributed by atoms with Crippen LogP contribution in [0.2, 0.25) is 0 Å². The minimum absolute atomic E-state index is 0.0474. The molecule has 90 valence electrons. The molecule has 0 saturated carbocycles. The summed E-state index contributed by atoms with van der Waals surface area (Å²) in [5, 5.41) is 3.26. The summed E-state index contributed by atoms with van der Waals surface area (Å²) >= 11 is 0. The summed E-state index contributed by atoms with van der Waals surface area (Å²) in [7, 11) is 0. The van der Waals surface area contributed by atoms with E-state index >= 15 is 0 Å². The summed E-state index contributed by atoms with van der Waals surface area (Å²) < 4.78 is 0. The molecule has 1 heterocycles. The second-order valence-corrected chi connectivity index (χ2v) is 4.14. The van der Waals surface area contributed by atoms with Crippen LogP contribution in [0.3, 0.4) is 0 Å². The minimum Gasteiger partial charge on any atom is -0.337 e. The topological polar surface area (TPSA) is 49.4 Å². The fourth-order valence-electron chi connectivity index (χ4n) is 1.94. The minimum atomic E-state index is 0.0474. The molecule has 1 saturated heterocycles. The Hall–Kier alpha value is -1.68. The van der Waals surface area contributed by atoms with Gasteiger partial charge in [-0.25, -0.2) is 0 Å². The smallest absolute Gasteiger partial charge is 0.253 e. The predicted octanol–water partition coefficient (Wildman–Crippen LogP) is 0.935. The Morgan fingerprint density at radius 2 is 1.94 bits per heavy atom. The Bertz CT molecular complexity index is 392. The number of hydrogen-bond acceptors (Lipinski definition) is 3. The molecule has 17 heavy (non-hydrogen) atoms. The van der Waals surface area contributed by atoms with Crippen LogP contribution in [0, 0.1) is 0 Å². The lowest BCUT2D eigenvalue weighted by Crippen LogP contribution is -2.34. The van der Waals surface area contributed by atoms with Gasteiger partial charge >= 0.3 is 0 Å². The number of carbonyl (C=O) groups is 2. The molecule has 0 unspecified atom stereocenters. The number of aldehydes is 1. The number of benzene rings is 1. The third kappa shape index (κ3) is 2.91. The van der Waals surface area contributed by atoms with Gasteiger partial charge in [-0.1, -0.05) is 12.1 Å². The maximum atomic E-state index is 12.2. The molecule has 1 N–H and O–H groups in total. The van der Waals surface area contributed by atoms with Gasteiger partial charge < -0.3 is 10.2 Å². The first-order chi connectivity index (χ1) is 8.31. The van der Waals surface area contributed by atoms with E-state index in [9.17, 15) is 9.59 Å². The first kappa shape index (κ1) is 11.8. The average molecular weight is 232 g/mol. The van der Waals surface area contributed by atoms with Gasteiger partial charge in [0.2, 0.25) is 0 Å². The molecule has 0 atom stereocenters. The molecule has 0 radical (unpaired) electrons. The van der Waals surface area contributed by atoms with Crippen molar-refractivity contribution in [3.05, 3.63) is 35.4 Å². The molecule has 1 aromatic rings. The first-order valence-corrected chi connectivity index (χ1v) is 5.86. The van der Waals surface area contributed by atoms with Crippen LogP contribution in [0.15, 0.2) is 24.3 Å². The van der Waals surface area contributed by atoms with Crippen molar-refractivity contribution < 1.29 is 9.59 Å². The third-order valence-corrected chi connectivity index (χ3v) is 2.92. The quantitative estimate of drug-likeness (QED) is 0.772. The number of rotatable bonds is 2. The van der Waals surface area contributed by atoms with Gasteiger partial charge in [0.25, 0.3) is 5.91 Å². The monoisotopic (exact) mass is 232 g/mol. The van der Waals surface area contributed by atoms with E-state index < -0.39 is 0 Å². The van der Waals surface area contributed by atoms with Gasteiger partial charge in [0.15, 0.2) is 0 Å². The molecule has 0 spiro atoms. The van der Waals surface area contributed by atoms with Crippen molar-refractivity contribution in [3.63, 3.8) is 0 Å². The lowest BCUT2D eigenvalue weighted by molar-refractivity contribution is 0.0766. The Morgan fingerprint density at radius 1 is 1.18 bits per heavy atom. The van der Waals surface area contributed by atoms with Crippen LogP contribution in [-0.2, 0) is 0 Å². The molecule has 0 aliphatic carbocycles. The number of hydrogen-bond donors (Lipinski definition) is 1. The molecule has 1 amide bonds. The van der Waals surface area contributed by atoms with E-state index in [1.54, 1.807) is 24.3 Å².